The van der Waals surface area contributed by atoms with E-state index in [-0.39, 0.29) is 11.3 Å². The number of unbranched alkanes of at least 4 members (excludes halogenated alkanes) is 3. The second-order valence-corrected chi connectivity index (χ2v) is 7.51. The Morgan fingerprint density at radius 1 is 0.931 bits per heavy atom. The normalized spacial score (nSPS) is 11.0. The van der Waals surface area contributed by atoms with E-state index in [0.29, 0.717) is 35.6 Å². The highest BCUT2D eigenvalue weighted by atomic mass is 16.3. The van der Waals surface area contributed by atoms with Crippen LogP contribution < -0.4 is 5.56 Å². The summed E-state index contributed by atoms with van der Waals surface area (Å²) in [5.74, 6) is 0.855. The molecule has 4 nitrogen and oxygen atoms in total. The fourth-order valence-corrected chi connectivity index (χ4v) is 3.70. The van der Waals surface area contributed by atoms with Gasteiger partial charge in [-0.2, -0.15) is 0 Å². The number of benzene rings is 2. The molecule has 2 aromatic carbocycles. The molecule has 0 saturated heterocycles. The van der Waals surface area contributed by atoms with Crippen molar-refractivity contribution in [1.29, 1.82) is 0 Å². The molecule has 3 rings (SSSR count). The van der Waals surface area contributed by atoms with Crippen LogP contribution in [0.1, 0.15) is 49.6 Å². The van der Waals surface area contributed by atoms with Crippen molar-refractivity contribution >= 4 is 0 Å². The molecule has 0 bridgehead atoms. The fourth-order valence-electron chi connectivity index (χ4n) is 3.70. The predicted molar refractivity (Wildman–Crippen MR) is 118 cm³/mol. The molecule has 1 N–H and O–H groups in total. The van der Waals surface area contributed by atoms with Gasteiger partial charge in [0.05, 0.1) is 5.69 Å². The molecule has 29 heavy (non-hydrogen) atoms. The lowest BCUT2D eigenvalue weighted by Crippen LogP contribution is -2.28. The summed E-state index contributed by atoms with van der Waals surface area (Å²) in [6.07, 6.45) is 5.79. The van der Waals surface area contributed by atoms with Crippen LogP contribution in [0.15, 0.2) is 59.4 Å². The number of rotatable bonds is 9. The topological polar surface area (TPSA) is 55.1 Å². The molecular formula is C25H30N2O2. The third-order valence-electron chi connectivity index (χ3n) is 5.35. The summed E-state index contributed by atoms with van der Waals surface area (Å²) in [4.78, 5) is 18.2. The predicted octanol–water partition coefficient (Wildman–Crippen LogP) is 5.29. The third-order valence-corrected chi connectivity index (χ3v) is 5.35. The van der Waals surface area contributed by atoms with Crippen LogP contribution in [0.4, 0.5) is 0 Å². The minimum atomic E-state index is 0.0168. The van der Waals surface area contributed by atoms with E-state index >= 15 is 0 Å². The van der Waals surface area contributed by atoms with Gasteiger partial charge in [-0.25, -0.2) is 4.98 Å². The SMILES string of the molecule is CCCCCCn1c(C)nc(-c2ccccc2O)c(CCc2ccccc2)c1=O. The maximum atomic E-state index is 13.4. The van der Waals surface area contributed by atoms with Crippen LogP contribution in [0.3, 0.4) is 0 Å². The summed E-state index contributed by atoms with van der Waals surface area (Å²) in [5, 5.41) is 10.4. The third kappa shape index (κ3) is 5.14. The van der Waals surface area contributed by atoms with Crippen molar-refractivity contribution in [3.8, 4) is 17.0 Å². The molecule has 0 spiro atoms. The van der Waals surface area contributed by atoms with Gasteiger partial charge in [0.2, 0.25) is 0 Å². The van der Waals surface area contributed by atoms with Crippen LogP contribution in [0.25, 0.3) is 11.3 Å². The van der Waals surface area contributed by atoms with Gasteiger partial charge in [0.1, 0.15) is 11.6 Å². The number of aromatic hydroxyl groups is 1. The van der Waals surface area contributed by atoms with E-state index in [0.717, 1.165) is 19.3 Å². The lowest BCUT2D eigenvalue weighted by molar-refractivity contribution is 0.477. The van der Waals surface area contributed by atoms with E-state index in [1.165, 1.54) is 18.4 Å². The monoisotopic (exact) mass is 390 g/mol. The number of phenols is 1. The van der Waals surface area contributed by atoms with Crippen molar-refractivity contribution in [3.63, 3.8) is 0 Å². The number of aryl methyl sites for hydroxylation is 2. The van der Waals surface area contributed by atoms with Crippen molar-refractivity contribution < 1.29 is 5.11 Å². The van der Waals surface area contributed by atoms with Crippen LogP contribution in [0.5, 0.6) is 5.75 Å². The molecule has 3 aromatic rings. The molecule has 0 aliphatic heterocycles. The highest BCUT2D eigenvalue weighted by Gasteiger charge is 2.18. The van der Waals surface area contributed by atoms with E-state index in [1.807, 2.05) is 37.3 Å². The molecular weight excluding hydrogens is 360 g/mol. The molecule has 0 fully saturated rings. The first-order valence-corrected chi connectivity index (χ1v) is 10.5. The molecule has 0 saturated carbocycles. The molecule has 1 aromatic heterocycles. The number of aromatic nitrogens is 2. The maximum absolute atomic E-state index is 13.4. The quantitative estimate of drug-likeness (QED) is 0.505. The van der Waals surface area contributed by atoms with Gasteiger partial charge in [0, 0.05) is 17.7 Å². The van der Waals surface area contributed by atoms with Gasteiger partial charge in [0.25, 0.3) is 5.56 Å². The van der Waals surface area contributed by atoms with Crippen LogP contribution in [-0.4, -0.2) is 14.7 Å². The van der Waals surface area contributed by atoms with Gasteiger partial charge >= 0.3 is 0 Å². The molecule has 1 heterocycles. The Balaban J connectivity index is 2.00. The van der Waals surface area contributed by atoms with E-state index < -0.39 is 0 Å². The first-order chi connectivity index (χ1) is 14.1. The minimum absolute atomic E-state index is 0.0168. The number of para-hydroxylation sites is 1. The highest BCUT2D eigenvalue weighted by molar-refractivity contribution is 5.69. The van der Waals surface area contributed by atoms with Gasteiger partial charge in [-0.05, 0) is 43.9 Å². The van der Waals surface area contributed by atoms with Gasteiger partial charge in [0.15, 0.2) is 0 Å². The number of nitrogens with zero attached hydrogens (tertiary/aromatic N) is 2. The van der Waals surface area contributed by atoms with Crippen LogP contribution in [0.2, 0.25) is 0 Å². The summed E-state index contributed by atoms with van der Waals surface area (Å²) in [5.41, 5.74) is 3.10. The molecule has 0 aliphatic rings. The molecule has 152 valence electrons. The standard InChI is InChI=1S/C25H30N2O2/c1-3-4-5-11-18-27-19(2)26-24(21-14-9-10-15-23(21)28)22(25(27)29)17-16-20-12-7-6-8-13-20/h6-10,12-15,28H,3-5,11,16-18H2,1-2H3. The number of hydrogen-bond donors (Lipinski definition) is 1. The summed E-state index contributed by atoms with van der Waals surface area (Å²) in [6, 6.07) is 17.3. The zero-order chi connectivity index (χ0) is 20.6. The van der Waals surface area contributed by atoms with Crippen molar-refractivity contribution in [3.05, 3.63) is 81.9 Å². The lowest BCUT2D eigenvalue weighted by Gasteiger charge is -2.16. The van der Waals surface area contributed by atoms with Crippen molar-refractivity contribution in [2.45, 2.75) is 58.9 Å². The van der Waals surface area contributed by atoms with E-state index in [9.17, 15) is 9.90 Å². The maximum Gasteiger partial charge on any atom is 0.257 e. The van der Waals surface area contributed by atoms with Gasteiger partial charge in [-0.15, -0.1) is 0 Å². The van der Waals surface area contributed by atoms with E-state index in [4.69, 9.17) is 4.98 Å². The number of hydrogen-bond acceptors (Lipinski definition) is 3. The Kier molecular flexibility index (Phi) is 7.23. The van der Waals surface area contributed by atoms with Gasteiger partial charge in [-0.3, -0.25) is 9.36 Å². The summed E-state index contributed by atoms with van der Waals surface area (Å²) < 4.78 is 1.81. The van der Waals surface area contributed by atoms with Crippen LogP contribution in [-0.2, 0) is 19.4 Å². The Morgan fingerprint density at radius 3 is 2.38 bits per heavy atom. The zero-order valence-electron chi connectivity index (χ0n) is 17.4. The summed E-state index contributed by atoms with van der Waals surface area (Å²) in [7, 11) is 0. The first kappa shape index (κ1) is 20.8. The lowest BCUT2D eigenvalue weighted by atomic mass is 9.99. The molecule has 0 aliphatic carbocycles. The molecule has 0 atom stereocenters. The zero-order valence-corrected chi connectivity index (χ0v) is 17.4. The van der Waals surface area contributed by atoms with Crippen molar-refractivity contribution in [2.24, 2.45) is 0 Å². The fraction of sp³-hybridized carbons (Fsp3) is 0.360. The summed E-state index contributed by atoms with van der Waals surface area (Å²) >= 11 is 0. The minimum Gasteiger partial charge on any atom is -0.507 e. The molecule has 0 amide bonds. The van der Waals surface area contributed by atoms with E-state index in [1.54, 1.807) is 16.7 Å². The average molecular weight is 391 g/mol. The number of phenolic OH excluding ortho intramolecular Hbond substituents is 1. The Morgan fingerprint density at radius 2 is 1.66 bits per heavy atom. The Hall–Kier alpha value is -2.88. The molecule has 0 radical (unpaired) electrons. The smallest absolute Gasteiger partial charge is 0.257 e. The van der Waals surface area contributed by atoms with Crippen molar-refractivity contribution in [1.82, 2.24) is 9.55 Å². The Labute approximate surface area is 172 Å². The first-order valence-electron chi connectivity index (χ1n) is 10.5. The van der Waals surface area contributed by atoms with E-state index in [2.05, 4.69) is 19.1 Å². The Bertz CT molecular complexity index is 993. The largest absolute Gasteiger partial charge is 0.507 e. The van der Waals surface area contributed by atoms with Crippen molar-refractivity contribution in [2.75, 3.05) is 0 Å². The second kappa shape index (κ2) is 10.1. The summed E-state index contributed by atoms with van der Waals surface area (Å²) in [6.45, 7) is 4.75. The second-order valence-electron chi connectivity index (χ2n) is 7.51. The molecule has 4 heteroatoms. The van der Waals surface area contributed by atoms with Gasteiger partial charge < -0.3 is 5.11 Å². The highest BCUT2D eigenvalue weighted by Crippen LogP contribution is 2.29. The van der Waals surface area contributed by atoms with Crippen LogP contribution >= 0.6 is 0 Å². The molecule has 0 unspecified atom stereocenters. The van der Waals surface area contributed by atoms with Crippen LogP contribution in [0, 0.1) is 6.92 Å². The van der Waals surface area contributed by atoms with Gasteiger partial charge in [-0.1, -0.05) is 68.7 Å². The average Bonchev–Trinajstić information content (AvgIpc) is 2.73.